The first-order valence-electron chi connectivity index (χ1n) is 12.4. The van der Waals surface area contributed by atoms with Crippen LogP contribution < -0.4 is 0 Å². The number of aryl methyl sites for hydroxylation is 3. The summed E-state index contributed by atoms with van der Waals surface area (Å²) in [6.07, 6.45) is 8.56. The van der Waals surface area contributed by atoms with Crippen molar-refractivity contribution >= 4 is 46.9 Å². The Morgan fingerprint density at radius 2 is 1.14 bits per heavy atom. The van der Waals surface area contributed by atoms with Crippen LogP contribution in [0.1, 0.15) is 45.3 Å². The summed E-state index contributed by atoms with van der Waals surface area (Å²) in [5.41, 5.74) is 11.5. The van der Waals surface area contributed by atoms with Gasteiger partial charge in [0.25, 0.3) is 0 Å². The minimum atomic E-state index is 0.745. The van der Waals surface area contributed by atoms with E-state index in [1.54, 1.807) is 0 Å². The molecule has 6 rings (SSSR count). The average Bonchev–Trinajstić information content (AvgIpc) is 3.61. The molecule has 182 valence electrons. The summed E-state index contributed by atoms with van der Waals surface area (Å²) in [4.78, 5) is 24.3. The van der Waals surface area contributed by atoms with Gasteiger partial charge in [-0.3, -0.25) is 15.0 Å². The van der Waals surface area contributed by atoms with Crippen LogP contribution in [-0.4, -0.2) is 33.6 Å². The Morgan fingerprint density at radius 1 is 0.622 bits per heavy atom. The molecule has 1 aliphatic rings. The number of nitrogens with one attached hydrogen (secondary N) is 3. The fraction of sp³-hybridized carbons (Fsp3) is 0.129. The zero-order chi connectivity index (χ0) is 25.4. The Balaban J connectivity index is 1.42. The normalized spacial score (nSPS) is 13.5. The SMILES string of the molecule is Cc1ccc(C=NC2=Cc3cc(N=Cc4ccc(C)[nH]4)cc4cc(N=Cc5ccc(C)[nH]5)cc(c34)C2)[nH]1. The first-order chi connectivity index (χ1) is 18.0. The summed E-state index contributed by atoms with van der Waals surface area (Å²) in [7, 11) is 0. The van der Waals surface area contributed by atoms with Crippen LogP contribution in [0.25, 0.3) is 16.8 Å². The lowest BCUT2D eigenvalue weighted by Gasteiger charge is -2.17. The smallest absolute Gasteiger partial charge is 0.0642 e. The first-order valence-corrected chi connectivity index (χ1v) is 12.4. The molecular formula is C31H28N6. The third-order valence-electron chi connectivity index (χ3n) is 6.46. The van der Waals surface area contributed by atoms with E-state index in [9.17, 15) is 0 Å². The molecule has 0 bridgehead atoms. The number of aromatic nitrogens is 3. The van der Waals surface area contributed by atoms with E-state index < -0.39 is 0 Å². The molecule has 0 radical (unpaired) electrons. The summed E-state index contributed by atoms with van der Waals surface area (Å²) >= 11 is 0. The quantitative estimate of drug-likeness (QED) is 0.212. The molecular weight excluding hydrogens is 456 g/mol. The molecule has 37 heavy (non-hydrogen) atoms. The predicted molar refractivity (Wildman–Crippen MR) is 154 cm³/mol. The van der Waals surface area contributed by atoms with Crippen molar-refractivity contribution in [3.63, 3.8) is 0 Å². The van der Waals surface area contributed by atoms with Gasteiger partial charge in [0, 0.05) is 29.2 Å². The molecule has 6 heteroatoms. The minimum absolute atomic E-state index is 0.745. The summed E-state index contributed by atoms with van der Waals surface area (Å²) < 4.78 is 0. The van der Waals surface area contributed by atoms with Gasteiger partial charge in [-0.1, -0.05) is 0 Å². The second-order valence-corrected chi connectivity index (χ2v) is 9.62. The van der Waals surface area contributed by atoms with E-state index in [0.29, 0.717) is 0 Å². The third kappa shape index (κ3) is 5.00. The van der Waals surface area contributed by atoms with Crippen molar-refractivity contribution in [1.82, 2.24) is 15.0 Å². The van der Waals surface area contributed by atoms with Crippen LogP contribution in [0.2, 0.25) is 0 Å². The molecule has 3 aromatic heterocycles. The van der Waals surface area contributed by atoms with Gasteiger partial charge in [-0.25, -0.2) is 0 Å². The lowest BCUT2D eigenvalue weighted by atomic mass is 9.90. The highest BCUT2D eigenvalue weighted by Gasteiger charge is 2.16. The highest BCUT2D eigenvalue weighted by molar-refractivity contribution is 6.00. The maximum atomic E-state index is 4.82. The molecule has 5 aromatic rings. The van der Waals surface area contributed by atoms with Gasteiger partial charge in [-0.15, -0.1) is 0 Å². The number of aromatic amines is 3. The molecule has 0 fully saturated rings. The van der Waals surface area contributed by atoms with Gasteiger partial charge in [0.05, 0.1) is 47.1 Å². The van der Waals surface area contributed by atoms with E-state index in [0.717, 1.165) is 68.6 Å². The fourth-order valence-electron chi connectivity index (χ4n) is 4.76. The number of rotatable bonds is 6. The third-order valence-corrected chi connectivity index (χ3v) is 6.46. The maximum absolute atomic E-state index is 4.82. The van der Waals surface area contributed by atoms with Gasteiger partial charge in [0.2, 0.25) is 0 Å². The summed E-state index contributed by atoms with van der Waals surface area (Å²) in [6, 6.07) is 20.8. The number of allylic oxidation sites excluding steroid dienone is 1. The second kappa shape index (κ2) is 9.39. The topological polar surface area (TPSA) is 84.4 Å². The van der Waals surface area contributed by atoms with Crippen LogP contribution in [-0.2, 0) is 6.42 Å². The first kappa shape index (κ1) is 22.7. The van der Waals surface area contributed by atoms with Crippen molar-refractivity contribution in [2.45, 2.75) is 27.2 Å². The molecule has 1 aliphatic carbocycles. The van der Waals surface area contributed by atoms with Crippen molar-refractivity contribution < 1.29 is 0 Å². The van der Waals surface area contributed by atoms with Crippen molar-refractivity contribution in [2.75, 3.05) is 0 Å². The van der Waals surface area contributed by atoms with Gasteiger partial charge in [-0.05, 0) is 109 Å². The largest absolute Gasteiger partial charge is 0.358 e. The Labute approximate surface area is 215 Å². The average molecular weight is 485 g/mol. The molecule has 0 spiro atoms. The lowest BCUT2D eigenvalue weighted by Crippen LogP contribution is -1.99. The van der Waals surface area contributed by atoms with E-state index in [1.807, 2.05) is 63.7 Å². The van der Waals surface area contributed by atoms with Gasteiger partial charge in [0.1, 0.15) is 0 Å². The minimum Gasteiger partial charge on any atom is -0.358 e. The van der Waals surface area contributed by atoms with E-state index in [-0.39, 0.29) is 0 Å². The maximum Gasteiger partial charge on any atom is 0.0642 e. The number of hydrogen-bond donors (Lipinski definition) is 3. The van der Waals surface area contributed by atoms with Crippen LogP contribution in [0.5, 0.6) is 0 Å². The van der Waals surface area contributed by atoms with Gasteiger partial charge >= 0.3 is 0 Å². The molecule has 0 amide bonds. The van der Waals surface area contributed by atoms with Crippen LogP contribution in [0.3, 0.4) is 0 Å². The Hall–Kier alpha value is -4.71. The van der Waals surface area contributed by atoms with Gasteiger partial charge in [-0.2, -0.15) is 0 Å². The van der Waals surface area contributed by atoms with Crippen LogP contribution in [0.4, 0.5) is 11.4 Å². The number of H-pyrrole nitrogens is 3. The van der Waals surface area contributed by atoms with Crippen molar-refractivity contribution in [1.29, 1.82) is 0 Å². The van der Waals surface area contributed by atoms with E-state index in [4.69, 9.17) is 15.0 Å². The lowest BCUT2D eigenvalue weighted by molar-refractivity contribution is 1.13. The van der Waals surface area contributed by atoms with Gasteiger partial charge < -0.3 is 15.0 Å². The molecule has 0 atom stereocenters. The summed E-state index contributed by atoms with van der Waals surface area (Å²) in [5.74, 6) is 0. The van der Waals surface area contributed by atoms with E-state index >= 15 is 0 Å². The second-order valence-electron chi connectivity index (χ2n) is 9.62. The van der Waals surface area contributed by atoms with Gasteiger partial charge in [0.15, 0.2) is 0 Å². The van der Waals surface area contributed by atoms with E-state index in [1.165, 1.54) is 10.9 Å². The number of aliphatic imine (C=N–C) groups is 3. The monoisotopic (exact) mass is 484 g/mol. The molecule has 0 saturated heterocycles. The van der Waals surface area contributed by atoms with Crippen molar-refractivity contribution in [2.24, 2.45) is 15.0 Å². The fourth-order valence-corrected chi connectivity index (χ4v) is 4.76. The van der Waals surface area contributed by atoms with Crippen LogP contribution >= 0.6 is 0 Å². The molecule has 3 heterocycles. The number of benzene rings is 2. The number of hydrogen-bond acceptors (Lipinski definition) is 3. The van der Waals surface area contributed by atoms with Crippen molar-refractivity contribution in [3.8, 4) is 0 Å². The Morgan fingerprint density at radius 3 is 1.65 bits per heavy atom. The zero-order valence-corrected chi connectivity index (χ0v) is 21.1. The highest BCUT2D eigenvalue weighted by Crippen LogP contribution is 2.37. The summed E-state index contributed by atoms with van der Waals surface area (Å²) in [6.45, 7) is 6.12. The van der Waals surface area contributed by atoms with Crippen LogP contribution in [0.15, 0.2) is 81.3 Å². The van der Waals surface area contributed by atoms with E-state index in [2.05, 4.69) is 57.4 Å². The Kier molecular flexibility index (Phi) is 5.77. The molecule has 0 saturated carbocycles. The molecule has 3 N–H and O–H groups in total. The molecule has 0 unspecified atom stereocenters. The Bertz CT molecular complexity index is 1730. The summed E-state index contributed by atoms with van der Waals surface area (Å²) in [5, 5.41) is 2.36. The van der Waals surface area contributed by atoms with Crippen LogP contribution in [0, 0.1) is 20.8 Å². The number of nitrogens with zero attached hydrogens (tertiary/aromatic N) is 3. The molecule has 2 aromatic carbocycles. The predicted octanol–water partition coefficient (Wildman–Crippen LogP) is 7.27. The molecule has 6 nitrogen and oxygen atoms in total. The zero-order valence-electron chi connectivity index (χ0n) is 21.1. The standard InChI is InChI=1S/C31H28N6/c1-19-4-7-25(35-19)16-32-28-10-22-12-29(33-17-26-8-5-20(2)36-26)14-24-15-30(13-23(11-28)31(22)24)34-18-27-9-6-21(3)37-27/h4-14,16-18,35-37H,15H2,1-3H3. The highest BCUT2D eigenvalue weighted by atomic mass is 14.8. The molecule has 0 aliphatic heterocycles. The van der Waals surface area contributed by atoms with Crippen molar-refractivity contribution in [3.05, 3.63) is 112 Å².